The van der Waals surface area contributed by atoms with E-state index >= 15 is 0 Å². The van der Waals surface area contributed by atoms with Gasteiger partial charge in [-0.05, 0) is 44.4 Å². The van der Waals surface area contributed by atoms with Crippen molar-refractivity contribution in [2.75, 3.05) is 13.1 Å². The van der Waals surface area contributed by atoms with Gasteiger partial charge in [0.1, 0.15) is 0 Å². The van der Waals surface area contributed by atoms with Crippen LogP contribution in [0.4, 0.5) is 0 Å². The molecule has 1 heterocycles. The molecular formula is C11H20N2. The molecule has 13 heavy (non-hydrogen) atoms. The molecule has 1 unspecified atom stereocenters. The number of hydrogen-bond donors (Lipinski definition) is 1. The average Bonchev–Trinajstić information content (AvgIpc) is 2.93. The molecule has 1 saturated heterocycles. The SMILES string of the molecule is NC1CCN(CC2CC2)C2(CC2)C1. The van der Waals surface area contributed by atoms with Gasteiger partial charge in [0, 0.05) is 24.7 Å². The van der Waals surface area contributed by atoms with Crippen molar-refractivity contribution in [2.24, 2.45) is 11.7 Å². The zero-order valence-electron chi connectivity index (χ0n) is 8.34. The predicted octanol–water partition coefficient (Wildman–Crippen LogP) is 1.35. The number of nitrogens with two attached hydrogens (primary N) is 1. The Hall–Kier alpha value is -0.0800. The summed E-state index contributed by atoms with van der Waals surface area (Å²) in [6.45, 7) is 2.66. The van der Waals surface area contributed by atoms with E-state index in [0.29, 0.717) is 11.6 Å². The van der Waals surface area contributed by atoms with Crippen molar-refractivity contribution in [3.8, 4) is 0 Å². The molecule has 2 saturated carbocycles. The van der Waals surface area contributed by atoms with Gasteiger partial charge in [0.15, 0.2) is 0 Å². The van der Waals surface area contributed by atoms with Crippen molar-refractivity contribution >= 4 is 0 Å². The zero-order chi connectivity index (χ0) is 8.89. The molecule has 1 spiro atoms. The van der Waals surface area contributed by atoms with Gasteiger partial charge in [-0.2, -0.15) is 0 Å². The second-order valence-electron chi connectivity index (χ2n) is 5.37. The Morgan fingerprint density at radius 1 is 1.23 bits per heavy atom. The lowest BCUT2D eigenvalue weighted by atomic mass is 9.95. The van der Waals surface area contributed by atoms with Crippen LogP contribution in [0.15, 0.2) is 0 Å². The molecule has 1 aliphatic heterocycles. The highest BCUT2D eigenvalue weighted by atomic mass is 15.2. The van der Waals surface area contributed by atoms with Gasteiger partial charge in [-0.1, -0.05) is 0 Å². The third kappa shape index (κ3) is 1.50. The van der Waals surface area contributed by atoms with Crippen molar-refractivity contribution in [1.82, 2.24) is 4.90 Å². The molecular weight excluding hydrogens is 160 g/mol. The summed E-state index contributed by atoms with van der Waals surface area (Å²) in [5.74, 6) is 1.05. The van der Waals surface area contributed by atoms with Crippen molar-refractivity contribution < 1.29 is 0 Å². The Morgan fingerprint density at radius 3 is 2.62 bits per heavy atom. The largest absolute Gasteiger partial charge is 0.328 e. The van der Waals surface area contributed by atoms with Crippen LogP contribution in [-0.4, -0.2) is 29.6 Å². The van der Waals surface area contributed by atoms with Crippen LogP contribution in [-0.2, 0) is 0 Å². The Labute approximate surface area is 80.5 Å². The fourth-order valence-electron chi connectivity index (χ4n) is 2.84. The van der Waals surface area contributed by atoms with E-state index in [9.17, 15) is 0 Å². The first-order valence-corrected chi connectivity index (χ1v) is 5.79. The molecule has 0 radical (unpaired) electrons. The topological polar surface area (TPSA) is 29.3 Å². The summed E-state index contributed by atoms with van der Waals surface area (Å²) in [5, 5.41) is 0. The standard InChI is InChI=1S/C11H20N2/c12-10-3-6-13(8-9-1-2-9)11(7-10)4-5-11/h9-10H,1-8,12H2. The molecule has 2 N–H and O–H groups in total. The van der Waals surface area contributed by atoms with E-state index in [1.54, 1.807) is 0 Å². The van der Waals surface area contributed by atoms with Crippen LogP contribution >= 0.6 is 0 Å². The molecule has 2 aliphatic carbocycles. The second-order valence-corrected chi connectivity index (χ2v) is 5.37. The van der Waals surface area contributed by atoms with Gasteiger partial charge in [-0.25, -0.2) is 0 Å². The first kappa shape index (κ1) is 8.25. The maximum Gasteiger partial charge on any atom is 0.0225 e. The lowest BCUT2D eigenvalue weighted by molar-refractivity contribution is 0.111. The van der Waals surface area contributed by atoms with Crippen LogP contribution in [0.25, 0.3) is 0 Å². The van der Waals surface area contributed by atoms with E-state index in [-0.39, 0.29) is 0 Å². The number of likely N-dealkylation sites (tertiary alicyclic amines) is 1. The van der Waals surface area contributed by atoms with E-state index in [1.165, 1.54) is 51.6 Å². The number of piperidine rings is 1. The van der Waals surface area contributed by atoms with Gasteiger partial charge in [-0.3, -0.25) is 4.90 Å². The predicted molar refractivity (Wildman–Crippen MR) is 53.5 cm³/mol. The maximum atomic E-state index is 6.03. The van der Waals surface area contributed by atoms with E-state index in [2.05, 4.69) is 4.90 Å². The first-order chi connectivity index (χ1) is 6.28. The maximum absolute atomic E-state index is 6.03. The summed E-state index contributed by atoms with van der Waals surface area (Å²) in [7, 11) is 0. The molecule has 0 aromatic carbocycles. The average molecular weight is 180 g/mol. The van der Waals surface area contributed by atoms with Crippen molar-refractivity contribution in [2.45, 2.75) is 50.1 Å². The summed E-state index contributed by atoms with van der Waals surface area (Å²) >= 11 is 0. The Bertz CT molecular complexity index is 206. The minimum Gasteiger partial charge on any atom is -0.328 e. The molecule has 0 bridgehead atoms. The van der Waals surface area contributed by atoms with E-state index in [1.807, 2.05) is 0 Å². The van der Waals surface area contributed by atoms with Gasteiger partial charge in [-0.15, -0.1) is 0 Å². The van der Waals surface area contributed by atoms with Gasteiger partial charge in [0.05, 0.1) is 0 Å². The zero-order valence-corrected chi connectivity index (χ0v) is 8.34. The van der Waals surface area contributed by atoms with E-state index < -0.39 is 0 Å². The molecule has 2 nitrogen and oxygen atoms in total. The fourth-order valence-corrected chi connectivity index (χ4v) is 2.84. The molecule has 3 aliphatic rings. The number of rotatable bonds is 2. The molecule has 1 atom stereocenters. The lowest BCUT2D eigenvalue weighted by Gasteiger charge is -2.39. The Morgan fingerprint density at radius 2 is 2.00 bits per heavy atom. The molecule has 3 fully saturated rings. The highest BCUT2D eigenvalue weighted by molar-refractivity contribution is 5.08. The molecule has 3 rings (SSSR count). The third-order valence-electron chi connectivity index (χ3n) is 4.09. The van der Waals surface area contributed by atoms with Gasteiger partial charge < -0.3 is 5.73 Å². The summed E-state index contributed by atoms with van der Waals surface area (Å²) in [4.78, 5) is 2.76. The van der Waals surface area contributed by atoms with E-state index in [4.69, 9.17) is 5.73 Å². The van der Waals surface area contributed by atoms with Crippen LogP contribution in [0, 0.1) is 5.92 Å². The van der Waals surface area contributed by atoms with Crippen LogP contribution < -0.4 is 5.73 Å². The molecule has 0 aromatic heterocycles. The van der Waals surface area contributed by atoms with Crippen molar-refractivity contribution in [3.05, 3.63) is 0 Å². The van der Waals surface area contributed by atoms with Crippen LogP contribution in [0.2, 0.25) is 0 Å². The van der Waals surface area contributed by atoms with Crippen LogP contribution in [0.1, 0.15) is 38.5 Å². The van der Waals surface area contributed by atoms with Crippen molar-refractivity contribution in [3.63, 3.8) is 0 Å². The first-order valence-electron chi connectivity index (χ1n) is 5.79. The number of nitrogens with zero attached hydrogens (tertiary/aromatic N) is 1. The second kappa shape index (κ2) is 2.71. The quantitative estimate of drug-likeness (QED) is 0.695. The normalized spacial score (nSPS) is 38.1. The lowest BCUT2D eigenvalue weighted by Crippen LogP contribution is -2.49. The number of hydrogen-bond acceptors (Lipinski definition) is 2. The smallest absolute Gasteiger partial charge is 0.0225 e. The fraction of sp³-hybridized carbons (Fsp3) is 1.00. The summed E-state index contributed by atoms with van der Waals surface area (Å²) < 4.78 is 0. The summed E-state index contributed by atoms with van der Waals surface area (Å²) in [6.07, 6.45) is 8.33. The minimum atomic E-state index is 0.498. The summed E-state index contributed by atoms with van der Waals surface area (Å²) in [5.41, 5.74) is 6.63. The van der Waals surface area contributed by atoms with Gasteiger partial charge >= 0.3 is 0 Å². The van der Waals surface area contributed by atoms with Crippen LogP contribution in [0.3, 0.4) is 0 Å². The highest BCUT2D eigenvalue weighted by Crippen LogP contribution is 2.49. The Balaban J connectivity index is 1.65. The summed E-state index contributed by atoms with van der Waals surface area (Å²) in [6, 6.07) is 0.498. The molecule has 0 aromatic rings. The minimum absolute atomic E-state index is 0.498. The third-order valence-corrected chi connectivity index (χ3v) is 4.09. The van der Waals surface area contributed by atoms with Crippen LogP contribution in [0.5, 0.6) is 0 Å². The van der Waals surface area contributed by atoms with Gasteiger partial charge in [0.2, 0.25) is 0 Å². The molecule has 0 amide bonds. The highest BCUT2D eigenvalue weighted by Gasteiger charge is 2.51. The molecule has 2 heteroatoms. The Kier molecular flexibility index (Phi) is 1.72. The van der Waals surface area contributed by atoms with Crippen molar-refractivity contribution in [1.29, 1.82) is 0 Å². The monoisotopic (exact) mass is 180 g/mol. The van der Waals surface area contributed by atoms with E-state index in [0.717, 1.165) is 5.92 Å². The molecule has 74 valence electrons. The van der Waals surface area contributed by atoms with Gasteiger partial charge in [0.25, 0.3) is 0 Å².